The van der Waals surface area contributed by atoms with Gasteiger partial charge >= 0.3 is 6.03 Å². The van der Waals surface area contributed by atoms with E-state index in [2.05, 4.69) is 39.6 Å². The summed E-state index contributed by atoms with van der Waals surface area (Å²) in [6.07, 6.45) is 3.66. The summed E-state index contributed by atoms with van der Waals surface area (Å²) in [6.45, 7) is 3.38. The molecular weight excluding hydrogens is 266 g/mol. The van der Waals surface area contributed by atoms with E-state index in [1.165, 1.54) is 10.9 Å². The monoisotopic (exact) mass is 289 g/mol. The van der Waals surface area contributed by atoms with Gasteiger partial charge in [0, 0.05) is 24.8 Å². The number of urea groups is 1. The van der Waals surface area contributed by atoms with E-state index in [1.54, 1.807) is 0 Å². The minimum atomic E-state index is -0.215. The number of aromatic nitrogens is 1. The number of rotatable bonds is 7. The Bertz CT molecular complexity index is 576. The molecule has 21 heavy (non-hydrogen) atoms. The molecule has 2 amide bonds. The highest BCUT2D eigenvalue weighted by Gasteiger charge is 2.07. The number of carbonyl (C=O) groups is 1. The van der Waals surface area contributed by atoms with Crippen LogP contribution in [0.1, 0.15) is 19.8 Å². The largest absolute Gasteiger partial charge is 0.394 e. The average molecular weight is 289 g/mol. The molecule has 0 saturated carbocycles. The number of benzene rings is 1. The molecule has 1 unspecified atom stereocenters. The molecule has 3 N–H and O–H groups in total. The number of aliphatic hydroxyl groups is 1. The molecule has 2 aromatic rings. The molecule has 2 rings (SSSR count). The van der Waals surface area contributed by atoms with E-state index in [0.29, 0.717) is 6.54 Å². The molecule has 0 fully saturated rings. The van der Waals surface area contributed by atoms with Gasteiger partial charge in [-0.2, -0.15) is 0 Å². The predicted octanol–water partition coefficient (Wildman–Crippen LogP) is 2.10. The lowest BCUT2D eigenvalue weighted by atomic mass is 10.2. The number of nitrogens with zero attached hydrogens (tertiary/aromatic N) is 1. The van der Waals surface area contributed by atoms with E-state index >= 15 is 0 Å². The van der Waals surface area contributed by atoms with Crippen LogP contribution >= 0.6 is 0 Å². The Morgan fingerprint density at radius 2 is 2.14 bits per heavy atom. The highest BCUT2D eigenvalue weighted by atomic mass is 16.3. The Kier molecular flexibility index (Phi) is 5.63. The molecule has 0 aliphatic heterocycles. The van der Waals surface area contributed by atoms with Gasteiger partial charge in [0.25, 0.3) is 0 Å². The van der Waals surface area contributed by atoms with E-state index < -0.39 is 0 Å². The van der Waals surface area contributed by atoms with E-state index in [9.17, 15) is 4.79 Å². The molecule has 1 aromatic carbocycles. The highest BCUT2D eigenvalue weighted by molar-refractivity contribution is 5.79. The number of fused-ring (bicyclic) bond motifs is 1. The second-order valence-electron chi connectivity index (χ2n) is 5.11. The minimum Gasteiger partial charge on any atom is -0.394 e. The lowest BCUT2D eigenvalue weighted by Gasteiger charge is -2.14. The van der Waals surface area contributed by atoms with Gasteiger partial charge in [0.05, 0.1) is 12.6 Å². The van der Waals surface area contributed by atoms with Crippen molar-refractivity contribution in [1.82, 2.24) is 15.2 Å². The van der Waals surface area contributed by atoms with Crippen LogP contribution in [0.25, 0.3) is 10.9 Å². The van der Waals surface area contributed by atoms with Crippen molar-refractivity contribution in [1.29, 1.82) is 0 Å². The standard InChI is InChI=1S/C16H23N3O2/c1-2-14(12-20)18-16(21)17-9-5-10-19-11-8-13-6-3-4-7-15(13)19/h3-4,6-8,11,14,20H,2,5,9-10,12H2,1H3,(H2,17,18,21). The second kappa shape index (κ2) is 7.69. The van der Waals surface area contributed by atoms with Crippen molar-refractivity contribution in [3.63, 3.8) is 0 Å². The summed E-state index contributed by atoms with van der Waals surface area (Å²) < 4.78 is 2.19. The lowest BCUT2D eigenvalue weighted by Crippen LogP contribution is -2.43. The third-order valence-corrected chi connectivity index (χ3v) is 3.59. The fourth-order valence-corrected chi connectivity index (χ4v) is 2.30. The molecule has 114 valence electrons. The van der Waals surface area contributed by atoms with Gasteiger partial charge in [-0.15, -0.1) is 0 Å². The van der Waals surface area contributed by atoms with Gasteiger partial charge in [0.1, 0.15) is 0 Å². The topological polar surface area (TPSA) is 66.3 Å². The first kappa shape index (κ1) is 15.4. The molecule has 1 aromatic heterocycles. The summed E-state index contributed by atoms with van der Waals surface area (Å²) in [4.78, 5) is 11.6. The Hall–Kier alpha value is -2.01. The quantitative estimate of drug-likeness (QED) is 0.683. The van der Waals surface area contributed by atoms with Crippen LogP contribution in [-0.2, 0) is 6.54 Å². The zero-order valence-electron chi connectivity index (χ0n) is 12.4. The summed E-state index contributed by atoms with van der Waals surface area (Å²) in [5.74, 6) is 0. The first-order chi connectivity index (χ1) is 10.2. The summed E-state index contributed by atoms with van der Waals surface area (Å²) in [5.41, 5.74) is 1.22. The maximum atomic E-state index is 11.6. The average Bonchev–Trinajstić information content (AvgIpc) is 2.92. The molecule has 0 saturated heterocycles. The van der Waals surface area contributed by atoms with Crippen molar-refractivity contribution >= 4 is 16.9 Å². The van der Waals surface area contributed by atoms with Crippen LogP contribution in [0.15, 0.2) is 36.5 Å². The van der Waals surface area contributed by atoms with Crippen molar-refractivity contribution in [2.45, 2.75) is 32.4 Å². The van der Waals surface area contributed by atoms with Crippen LogP contribution in [0.5, 0.6) is 0 Å². The summed E-state index contributed by atoms with van der Waals surface area (Å²) in [5, 5.41) is 15.8. The molecule has 1 heterocycles. The van der Waals surface area contributed by atoms with Crippen LogP contribution in [0.2, 0.25) is 0 Å². The maximum Gasteiger partial charge on any atom is 0.315 e. The van der Waals surface area contributed by atoms with Gasteiger partial charge < -0.3 is 20.3 Å². The second-order valence-corrected chi connectivity index (χ2v) is 5.11. The normalized spacial score (nSPS) is 12.3. The van der Waals surface area contributed by atoms with Gasteiger partial charge in [-0.25, -0.2) is 4.79 Å². The van der Waals surface area contributed by atoms with Gasteiger partial charge in [-0.1, -0.05) is 25.1 Å². The molecule has 0 spiro atoms. The zero-order valence-corrected chi connectivity index (χ0v) is 12.4. The van der Waals surface area contributed by atoms with Crippen molar-refractivity contribution in [3.05, 3.63) is 36.5 Å². The number of carbonyl (C=O) groups excluding carboxylic acids is 1. The predicted molar refractivity (Wildman–Crippen MR) is 84.3 cm³/mol. The maximum absolute atomic E-state index is 11.6. The van der Waals surface area contributed by atoms with Gasteiger partial charge in [-0.05, 0) is 30.4 Å². The first-order valence-corrected chi connectivity index (χ1v) is 7.43. The SMILES string of the molecule is CCC(CO)NC(=O)NCCCn1ccc2ccccc21. The molecule has 0 bridgehead atoms. The van der Waals surface area contributed by atoms with Crippen LogP contribution < -0.4 is 10.6 Å². The summed E-state index contributed by atoms with van der Waals surface area (Å²) in [6, 6.07) is 9.98. The van der Waals surface area contributed by atoms with E-state index in [1.807, 2.05) is 19.1 Å². The Balaban J connectivity index is 1.73. The number of aryl methyl sites for hydroxylation is 1. The fraction of sp³-hybridized carbons (Fsp3) is 0.438. The molecule has 5 heteroatoms. The molecule has 5 nitrogen and oxygen atoms in total. The number of hydrogen-bond donors (Lipinski definition) is 3. The molecule has 0 aliphatic rings. The fourth-order valence-electron chi connectivity index (χ4n) is 2.30. The van der Waals surface area contributed by atoms with Crippen LogP contribution in [-0.4, -0.2) is 34.9 Å². The lowest BCUT2D eigenvalue weighted by molar-refractivity contribution is 0.214. The van der Waals surface area contributed by atoms with Crippen LogP contribution in [0.3, 0.4) is 0 Å². The molecule has 0 aliphatic carbocycles. The first-order valence-electron chi connectivity index (χ1n) is 7.43. The number of amides is 2. The van der Waals surface area contributed by atoms with Crippen molar-refractivity contribution in [2.75, 3.05) is 13.2 Å². The van der Waals surface area contributed by atoms with Crippen molar-refractivity contribution in [2.24, 2.45) is 0 Å². The van der Waals surface area contributed by atoms with E-state index in [4.69, 9.17) is 5.11 Å². The number of aliphatic hydroxyl groups excluding tert-OH is 1. The smallest absolute Gasteiger partial charge is 0.315 e. The molecular formula is C16H23N3O2. The third-order valence-electron chi connectivity index (χ3n) is 3.59. The van der Waals surface area contributed by atoms with E-state index in [-0.39, 0.29) is 18.7 Å². The van der Waals surface area contributed by atoms with Crippen LogP contribution in [0, 0.1) is 0 Å². The van der Waals surface area contributed by atoms with E-state index in [0.717, 1.165) is 19.4 Å². The Morgan fingerprint density at radius 3 is 2.90 bits per heavy atom. The number of nitrogens with one attached hydrogen (secondary N) is 2. The molecule has 1 atom stereocenters. The number of para-hydroxylation sites is 1. The molecule has 0 radical (unpaired) electrons. The van der Waals surface area contributed by atoms with Crippen molar-refractivity contribution < 1.29 is 9.90 Å². The van der Waals surface area contributed by atoms with Gasteiger partial charge in [0.2, 0.25) is 0 Å². The van der Waals surface area contributed by atoms with Gasteiger partial charge in [-0.3, -0.25) is 0 Å². The summed E-state index contributed by atoms with van der Waals surface area (Å²) >= 11 is 0. The van der Waals surface area contributed by atoms with Crippen molar-refractivity contribution in [3.8, 4) is 0 Å². The minimum absolute atomic E-state index is 0.0285. The Labute approximate surface area is 125 Å². The van der Waals surface area contributed by atoms with Crippen LogP contribution in [0.4, 0.5) is 4.79 Å². The Morgan fingerprint density at radius 1 is 1.33 bits per heavy atom. The van der Waals surface area contributed by atoms with Gasteiger partial charge in [0.15, 0.2) is 0 Å². The zero-order chi connectivity index (χ0) is 15.1. The highest BCUT2D eigenvalue weighted by Crippen LogP contribution is 2.15. The third kappa shape index (κ3) is 4.23. The summed E-state index contributed by atoms with van der Waals surface area (Å²) in [7, 11) is 0. The number of hydrogen-bond acceptors (Lipinski definition) is 2.